The number of aryl methyl sites for hydroxylation is 1. The van der Waals surface area contributed by atoms with Gasteiger partial charge in [-0.2, -0.15) is 0 Å². The predicted molar refractivity (Wildman–Crippen MR) is 147 cm³/mol. The summed E-state index contributed by atoms with van der Waals surface area (Å²) in [6.07, 6.45) is 4.96. The topological polar surface area (TPSA) is 61.2 Å². The molecule has 0 saturated carbocycles. The first-order valence-electron chi connectivity index (χ1n) is 11.5. The molecule has 2 fully saturated rings. The molecule has 10 heteroatoms. The molecule has 2 saturated heterocycles. The number of thioether (sulfide) groups is 1. The number of aromatic nitrogens is 2. The Morgan fingerprint density at radius 3 is 2.56 bits per heavy atom. The van der Waals surface area contributed by atoms with Crippen LogP contribution in [0, 0.1) is 12.7 Å². The van der Waals surface area contributed by atoms with Gasteiger partial charge in [0.2, 0.25) is 0 Å². The fourth-order valence-electron chi connectivity index (χ4n) is 4.40. The minimum atomic E-state index is -0.260. The Morgan fingerprint density at radius 2 is 1.83 bits per heavy atom. The first kappa shape index (κ1) is 24.2. The Balaban J connectivity index is 1.55. The van der Waals surface area contributed by atoms with Crippen molar-refractivity contribution in [3.05, 3.63) is 87.5 Å². The zero-order valence-corrected chi connectivity index (χ0v) is 21.3. The summed E-state index contributed by atoms with van der Waals surface area (Å²) in [5, 5.41) is 0. The monoisotopic (exact) mass is 521 g/mol. The smallest absolute Gasteiger partial charge is 0.267 e. The van der Waals surface area contributed by atoms with Gasteiger partial charge >= 0.3 is 0 Å². The lowest BCUT2D eigenvalue weighted by Gasteiger charge is -2.37. The molecular weight excluding hydrogens is 497 g/mol. The van der Waals surface area contributed by atoms with Crippen LogP contribution in [0.3, 0.4) is 0 Å². The summed E-state index contributed by atoms with van der Waals surface area (Å²) in [7, 11) is 0. The summed E-state index contributed by atoms with van der Waals surface area (Å²) in [5.41, 5.74) is 2.07. The summed E-state index contributed by atoms with van der Waals surface area (Å²) in [5.74, 6) is -0.00868. The molecule has 0 radical (unpaired) electrons. The molecule has 0 spiro atoms. The van der Waals surface area contributed by atoms with E-state index in [0.717, 1.165) is 5.56 Å². The van der Waals surface area contributed by atoms with Gasteiger partial charge in [0.1, 0.15) is 21.6 Å². The van der Waals surface area contributed by atoms with Gasteiger partial charge in [-0.05, 0) is 36.8 Å². The average molecular weight is 522 g/mol. The number of carbonyl (C=O) groups excluding carboxylic acids is 1. The van der Waals surface area contributed by atoms with E-state index in [2.05, 4.69) is 6.58 Å². The number of para-hydroxylation sites is 1. The fourth-order valence-corrected chi connectivity index (χ4v) is 5.66. The molecule has 4 heterocycles. The summed E-state index contributed by atoms with van der Waals surface area (Å²) in [6, 6.07) is 10.4. The molecule has 2 aliphatic heterocycles. The Hall–Kier alpha value is -3.50. The number of anilines is 2. The van der Waals surface area contributed by atoms with E-state index in [-0.39, 0.29) is 17.3 Å². The molecule has 36 heavy (non-hydrogen) atoms. The van der Waals surface area contributed by atoms with E-state index in [1.165, 1.54) is 27.1 Å². The molecular formula is C26H24FN5O2S2. The maximum absolute atomic E-state index is 14.3. The Labute approximate surface area is 217 Å². The predicted octanol–water partition coefficient (Wildman–Crippen LogP) is 3.86. The highest BCUT2D eigenvalue weighted by atomic mass is 32.2. The van der Waals surface area contributed by atoms with Crippen LogP contribution >= 0.6 is 24.0 Å². The average Bonchev–Trinajstić information content (AvgIpc) is 3.14. The van der Waals surface area contributed by atoms with Gasteiger partial charge in [0.05, 0.1) is 16.2 Å². The number of carbonyl (C=O) groups is 1. The number of hydrogen-bond acceptors (Lipinski definition) is 7. The molecule has 7 nitrogen and oxygen atoms in total. The molecule has 0 unspecified atom stereocenters. The Bertz CT molecular complexity index is 1480. The van der Waals surface area contributed by atoms with Gasteiger partial charge < -0.3 is 9.80 Å². The molecule has 1 amide bonds. The number of fused-ring (bicyclic) bond motifs is 1. The van der Waals surface area contributed by atoms with E-state index in [9.17, 15) is 14.0 Å². The van der Waals surface area contributed by atoms with Crippen molar-refractivity contribution in [3.63, 3.8) is 0 Å². The highest BCUT2D eigenvalue weighted by molar-refractivity contribution is 8.26. The molecule has 1 aromatic carbocycles. The van der Waals surface area contributed by atoms with Gasteiger partial charge in [0.25, 0.3) is 11.5 Å². The lowest BCUT2D eigenvalue weighted by molar-refractivity contribution is -0.121. The van der Waals surface area contributed by atoms with Crippen LogP contribution in [-0.2, 0) is 4.79 Å². The van der Waals surface area contributed by atoms with Gasteiger partial charge in [-0.25, -0.2) is 9.37 Å². The Morgan fingerprint density at radius 1 is 1.11 bits per heavy atom. The van der Waals surface area contributed by atoms with E-state index in [4.69, 9.17) is 17.2 Å². The SMILES string of the molecule is C=CCN1C(=O)/C(=C/c2c(N3CCN(c4ccccc4F)CC3)nc3ccc(C)cn3c2=O)SC1=S. The van der Waals surface area contributed by atoms with E-state index in [1.54, 1.807) is 30.5 Å². The number of nitrogens with zero attached hydrogens (tertiary/aromatic N) is 5. The summed E-state index contributed by atoms with van der Waals surface area (Å²) >= 11 is 6.53. The standard InChI is InChI=1S/C26H24FN5O2S2/c1-3-10-31-25(34)21(36-26(31)35)15-18-23(28-22-9-8-17(2)16-32(22)24(18)33)30-13-11-29(12-14-30)20-7-5-4-6-19(20)27/h3-9,15-16H,1,10-14H2,2H3/b21-15-. The molecule has 0 atom stereocenters. The molecule has 3 aromatic rings. The molecule has 0 N–H and O–H groups in total. The maximum Gasteiger partial charge on any atom is 0.267 e. The zero-order chi connectivity index (χ0) is 25.4. The van der Waals surface area contributed by atoms with E-state index < -0.39 is 0 Å². The van der Waals surface area contributed by atoms with Gasteiger partial charge in [-0.15, -0.1) is 6.58 Å². The zero-order valence-electron chi connectivity index (χ0n) is 19.7. The van der Waals surface area contributed by atoms with Crippen LogP contribution in [0.5, 0.6) is 0 Å². The van der Waals surface area contributed by atoms with Crippen LogP contribution < -0.4 is 15.4 Å². The van der Waals surface area contributed by atoms with Crippen molar-refractivity contribution in [2.24, 2.45) is 0 Å². The third-order valence-corrected chi connectivity index (χ3v) is 7.60. The number of hydrogen-bond donors (Lipinski definition) is 0. The normalized spacial score (nSPS) is 17.5. The largest absolute Gasteiger partial charge is 0.366 e. The third kappa shape index (κ3) is 4.42. The van der Waals surface area contributed by atoms with Crippen LogP contribution in [0.25, 0.3) is 11.7 Å². The molecule has 2 aliphatic rings. The van der Waals surface area contributed by atoms with Crippen molar-refractivity contribution >= 4 is 57.4 Å². The lowest BCUT2D eigenvalue weighted by atomic mass is 10.2. The fraction of sp³-hybridized carbons (Fsp3) is 0.231. The highest BCUT2D eigenvalue weighted by Crippen LogP contribution is 2.33. The van der Waals surface area contributed by atoms with E-state index in [1.807, 2.05) is 34.9 Å². The van der Waals surface area contributed by atoms with E-state index in [0.29, 0.717) is 64.7 Å². The van der Waals surface area contributed by atoms with Crippen LogP contribution in [0.15, 0.2) is 64.9 Å². The van der Waals surface area contributed by atoms with Gasteiger partial charge in [0.15, 0.2) is 0 Å². The van der Waals surface area contributed by atoms with Crippen LogP contribution in [0.1, 0.15) is 11.1 Å². The number of piperazine rings is 1. The van der Waals surface area contributed by atoms with E-state index >= 15 is 0 Å². The first-order valence-corrected chi connectivity index (χ1v) is 12.7. The minimum Gasteiger partial charge on any atom is -0.366 e. The molecule has 0 bridgehead atoms. The van der Waals surface area contributed by atoms with Gasteiger partial charge in [0, 0.05) is 38.9 Å². The quantitative estimate of drug-likeness (QED) is 0.287. The van der Waals surface area contributed by atoms with Crippen molar-refractivity contribution in [2.45, 2.75) is 6.92 Å². The van der Waals surface area contributed by atoms with Crippen LogP contribution in [0.2, 0.25) is 0 Å². The molecule has 2 aromatic heterocycles. The lowest BCUT2D eigenvalue weighted by Crippen LogP contribution is -2.47. The third-order valence-electron chi connectivity index (χ3n) is 6.22. The van der Waals surface area contributed by atoms with Gasteiger partial charge in [-0.3, -0.25) is 18.9 Å². The highest BCUT2D eigenvalue weighted by Gasteiger charge is 2.32. The number of thiocarbonyl (C=S) groups is 1. The van der Waals surface area contributed by atoms with Crippen molar-refractivity contribution in [1.29, 1.82) is 0 Å². The minimum absolute atomic E-state index is 0.256. The van der Waals surface area contributed by atoms with Crippen molar-refractivity contribution < 1.29 is 9.18 Å². The Kier molecular flexibility index (Phi) is 6.63. The molecule has 0 aliphatic carbocycles. The van der Waals surface area contributed by atoms with Crippen molar-refractivity contribution in [1.82, 2.24) is 14.3 Å². The van der Waals surface area contributed by atoms with Crippen molar-refractivity contribution in [3.8, 4) is 0 Å². The van der Waals surface area contributed by atoms with Crippen molar-refractivity contribution in [2.75, 3.05) is 42.5 Å². The first-order chi connectivity index (χ1) is 17.4. The second kappa shape index (κ2) is 9.87. The molecule has 5 rings (SSSR count). The van der Waals surface area contributed by atoms with Crippen LogP contribution in [-0.4, -0.2) is 57.2 Å². The number of rotatable bonds is 5. The number of benzene rings is 1. The summed E-state index contributed by atoms with van der Waals surface area (Å²) in [6.45, 7) is 8.12. The summed E-state index contributed by atoms with van der Waals surface area (Å²) in [4.78, 5) is 37.3. The molecule has 184 valence electrons. The number of amides is 1. The van der Waals surface area contributed by atoms with Crippen LogP contribution in [0.4, 0.5) is 15.9 Å². The number of halogens is 1. The second-order valence-electron chi connectivity index (χ2n) is 8.60. The maximum atomic E-state index is 14.3. The van der Waals surface area contributed by atoms with Gasteiger partial charge in [-0.1, -0.05) is 48.3 Å². The summed E-state index contributed by atoms with van der Waals surface area (Å²) < 4.78 is 16.3. The second-order valence-corrected chi connectivity index (χ2v) is 10.3. The number of pyridine rings is 1.